The van der Waals surface area contributed by atoms with E-state index in [1.165, 1.54) is 10.9 Å². The van der Waals surface area contributed by atoms with Crippen molar-refractivity contribution in [3.63, 3.8) is 0 Å². The fourth-order valence-electron chi connectivity index (χ4n) is 4.07. The zero-order chi connectivity index (χ0) is 22.9. The van der Waals surface area contributed by atoms with Crippen LogP contribution in [0.5, 0.6) is 11.8 Å². The number of aromatic nitrogens is 3. The highest BCUT2D eigenvalue weighted by molar-refractivity contribution is 7.15. The van der Waals surface area contributed by atoms with Crippen LogP contribution in [0.25, 0.3) is 6.08 Å². The van der Waals surface area contributed by atoms with Crippen molar-refractivity contribution in [3.8, 4) is 11.8 Å². The van der Waals surface area contributed by atoms with Gasteiger partial charge in [0.1, 0.15) is 23.2 Å². The number of benzene rings is 1. The summed E-state index contributed by atoms with van der Waals surface area (Å²) in [5.41, 5.74) is 2.70. The summed E-state index contributed by atoms with van der Waals surface area (Å²) in [6, 6.07) is 5.36. The molecule has 7 nitrogen and oxygen atoms in total. The summed E-state index contributed by atoms with van der Waals surface area (Å²) in [5, 5.41) is 4.06. The van der Waals surface area contributed by atoms with E-state index in [-0.39, 0.29) is 11.8 Å². The molecule has 0 atom stereocenters. The van der Waals surface area contributed by atoms with Crippen LogP contribution < -0.4 is 15.0 Å². The van der Waals surface area contributed by atoms with E-state index >= 15 is 0 Å². The van der Waals surface area contributed by atoms with Crippen molar-refractivity contribution in [3.05, 3.63) is 51.8 Å². The molecule has 1 aliphatic heterocycles. The van der Waals surface area contributed by atoms with Gasteiger partial charge in [0.15, 0.2) is 5.13 Å². The van der Waals surface area contributed by atoms with Crippen molar-refractivity contribution in [1.82, 2.24) is 19.9 Å². The second kappa shape index (κ2) is 9.07. The lowest BCUT2D eigenvalue weighted by Gasteiger charge is -2.33. The highest BCUT2D eigenvalue weighted by Crippen LogP contribution is 2.33. The van der Waals surface area contributed by atoms with Crippen LogP contribution in [0, 0.1) is 5.82 Å². The Morgan fingerprint density at radius 1 is 1.15 bits per heavy atom. The van der Waals surface area contributed by atoms with Gasteiger partial charge in [-0.25, -0.2) is 9.37 Å². The number of aryl methyl sites for hydroxylation is 1. The van der Waals surface area contributed by atoms with Gasteiger partial charge in [-0.1, -0.05) is 18.6 Å². The van der Waals surface area contributed by atoms with E-state index in [9.17, 15) is 4.39 Å². The minimum absolute atomic E-state index is 0.180. The van der Waals surface area contributed by atoms with Crippen LogP contribution in [0.15, 0.2) is 30.0 Å². The molecular weight excluding hydrogens is 439 g/mol. The van der Waals surface area contributed by atoms with Gasteiger partial charge in [0, 0.05) is 49.4 Å². The normalized spacial score (nSPS) is 16.0. The molecule has 2 aromatic heterocycles. The van der Waals surface area contributed by atoms with Gasteiger partial charge in [-0.3, -0.25) is 0 Å². The van der Waals surface area contributed by atoms with Gasteiger partial charge in [0.2, 0.25) is 0 Å². The topological polar surface area (TPSA) is 66.4 Å². The molecule has 1 N–H and O–H groups in total. The predicted octanol–water partition coefficient (Wildman–Crippen LogP) is 4.88. The molecule has 9 heteroatoms. The Morgan fingerprint density at radius 2 is 1.97 bits per heavy atom. The number of thiazole rings is 1. The van der Waals surface area contributed by atoms with Crippen molar-refractivity contribution in [1.29, 1.82) is 0 Å². The Balaban J connectivity index is 1.46. The Morgan fingerprint density at radius 3 is 2.73 bits per heavy atom. The summed E-state index contributed by atoms with van der Waals surface area (Å²) < 4.78 is 20.6. The molecule has 1 fully saturated rings. The molecule has 1 aliphatic carbocycles. The minimum Gasteiger partial charge on any atom is -0.424 e. The first-order valence-electron chi connectivity index (χ1n) is 11.2. The monoisotopic (exact) mass is 466 g/mol. The van der Waals surface area contributed by atoms with Gasteiger partial charge in [0.25, 0.3) is 0 Å². The number of anilines is 3. The lowest BCUT2D eigenvalue weighted by molar-refractivity contribution is 0.311. The van der Waals surface area contributed by atoms with Gasteiger partial charge < -0.3 is 19.9 Å². The summed E-state index contributed by atoms with van der Waals surface area (Å²) in [4.78, 5) is 19.3. The summed E-state index contributed by atoms with van der Waals surface area (Å²) in [6.45, 7) is 7.74. The van der Waals surface area contributed by atoms with Gasteiger partial charge in [-0.15, -0.1) is 11.3 Å². The molecule has 0 amide bonds. The molecule has 0 bridgehead atoms. The first kappa shape index (κ1) is 21.8. The molecule has 1 aromatic carbocycles. The van der Waals surface area contributed by atoms with E-state index in [1.54, 1.807) is 11.3 Å². The number of hydrogen-bond acceptors (Lipinski definition) is 8. The van der Waals surface area contributed by atoms with Gasteiger partial charge in [-0.05, 0) is 44.0 Å². The molecule has 3 heterocycles. The first-order chi connectivity index (χ1) is 16.0. The van der Waals surface area contributed by atoms with Crippen LogP contribution in [-0.4, -0.2) is 53.1 Å². The number of allylic oxidation sites excluding steroid dienone is 1. The number of halogens is 1. The molecular formula is C24H27FN6OS. The summed E-state index contributed by atoms with van der Waals surface area (Å²) in [5.74, 6) is 1.50. The maximum Gasteiger partial charge on any atom is 0.325 e. The number of ether oxygens (including phenoxy) is 1. The maximum atomic E-state index is 14.7. The average Bonchev–Trinajstić information content (AvgIpc) is 3.40. The zero-order valence-corrected chi connectivity index (χ0v) is 19.9. The van der Waals surface area contributed by atoms with Crippen molar-refractivity contribution in [2.75, 3.05) is 43.4 Å². The number of piperazine rings is 1. The van der Waals surface area contributed by atoms with E-state index in [0.29, 0.717) is 23.6 Å². The molecule has 2 aliphatic rings. The number of fused-ring (bicyclic) bond motifs is 1. The molecule has 3 aromatic rings. The summed E-state index contributed by atoms with van der Waals surface area (Å²) in [6.07, 6.45) is 5.43. The molecule has 0 spiro atoms. The number of likely N-dealkylation sites (N-methyl/N-ethyl adjacent to an activating group) is 1. The molecule has 1 saturated heterocycles. The molecule has 0 unspecified atom stereocenters. The standard InChI is InChI=1S/C24H27FN6OS/c1-4-18-14-26-24(33-18)28-21-13-22(31-7-5-30(3)6-8-31)29-23(27-21)32-17-11-16-9-15(2)10-19(16)20(25)12-17/h9,11-14H,4-8,10H2,1-3H3,(H,26,27,28,29). The van der Waals surface area contributed by atoms with Crippen molar-refractivity contribution >= 4 is 34.2 Å². The Kier molecular flexibility index (Phi) is 5.99. The van der Waals surface area contributed by atoms with Crippen LogP contribution in [0.3, 0.4) is 0 Å². The minimum atomic E-state index is -0.265. The van der Waals surface area contributed by atoms with Crippen LogP contribution in [0.1, 0.15) is 29.9 Å². The second-order valence-corrected chi connectivity index (χ2v) is 9.65. The van der Waals surface area contributed by atoms with E-state index < -0.39 is 0 Å². The van der Waals surface area contributed by atoms with Crippen molar-refractivity contribution < 1.29 is 9.13 Å². The number of hydrogen-bond donors (Lipinski definition) is 1. The predicted molar refractivity (Wildman–Crippen MR) is 130 cm³/mol. The third-order valence-corrected chi connectivity index (χ3v) is 6.98. The number of nitrogens with zero attached hydrogens (tertiary/aromatic N) is 5. The van der Waals surface area contributed by atoms with Gasteiger partial charge in [0.05, 0.1) is 0 Å². The van der Waals surface area contributed by atoms with Gasteiger partial charge in [-0.2, -0.15) is 9.97 Å². The first-order valence-corrected chi connectivity index (χ1v) is 12.0. The fourth-order valence-corrected chi connectivity index (χ4v) is 4.82. The summed E-state index contributed by atoms with van der Waals surface area (Å²) >= 11 is 1.60. The lowest BCUT2D eigenvalue weighted by atomic mass is 10.1. The number of nitrogens with one attached hydrogen (secondary N) is 1. The average molecular weight is 467 g/mol. The summed E-state index contributed by atoms with van der Waals surface area (Å²) in [7, 11) is 2.12. The van der Waals surface area contributed by atoms with Crippen molar-refractivity contribution in [2.24, 2.45) is 0 Å². The molecule has 33 heavy (non-hydrogen) atoms. The Hall–Kier alpha value is -3.04. The quantitative estimate of drug-likeness (QED) is 0.555. The highest BCUT2D eigenvalue weighted by Gasteiger charge is 2.20. The molecule has 0 radical (unpaired) electrons. The fraction of sp³-hybridized carbons (Fsp3) is 0.375. The number of rotatable bonds is 6. The van der Waals surface area contributed by atoms with E-state index in [2.05, 4.69) is 44.0 Å². The Bertz CT molecular complexity index is 1200. The van der Waals surface area contributed by atoms with Crippen LogP contribution in [0.4, 0.5) is 21.2 Å². The Labute approximate surface area is 197 Å². The van der Waals surface area contributed by atoms with E-state index in [4.69, 9.17) is 4.74 Å². The molecule has 0 saturated carbocycles. The third kappa shape index (κ3) is 4.84. The molecule has 172 valence electrons. The van der Waals surface area contributed by atoms with Crippen LogP contribution >= 0.6 is 11.3 Å². The van der Waals surface area contributed by atoms with Crippen molar-refractivity contribution in [2.45, 2.75) is 26.7 Å². The van der Waals surface area contributed by atoms with Crippen LogP contribution in [0.2, 0.25) is 0 Å². The largest absolute Gasteiger partial charge is 0.424 e. The van der Waals surface area contributed by atoms with Crippen LogP contribution in [-0.2, 0) is 12.8 Å². The SMILES string of the molecule is CCc1cnc(Nc2cc(N3CCN(C)CC3)nc(Oc3cc(F)c4c(c3)C=C(C)C4)n2)s1. The maximum absolute atomic E-state index is 14.7. The smallest absolute Gasteiger partial charge is 0.325 e. The van der Waals surface area contributed by atoms with E-state index in [0.717, 1.165) is 54.7 Å². The molecule has 5 rings (SSSR count). The lowest BCUT2D eigenvalue weighted by Crippen LogP contribution is -2.44. The van der Waals surface area contributed by atoms with E-state index in [1.807, 2.05) is 31.3 Å². The highest BCUT2D eigenvalue weighted by atomic mass is 32.1. The second-order valence-electron chi connectivity index (χ2n) is 8.54. The third-order valence-electron chi connectivity index (χ3n) is 5.93. The zero-order valence-electron chi connectivity index (χ0n) is 19.1. The van der Waals surface area contributed by atoms with Gasteiger partial charge >= 0.3 is 6.01 Å².